The number of hydrogen-bond acceptors (Lipinski definition) is 2. The third kappa shape index (κ3) is 5.79. The van der Waals surface area contributed by atoms with Gasteiger partial charge in [-0.05, 0) is 5.92 Å². The minimum absolute atomic E-state index is 0.553. The summed E-state index contributed by atoms with van der Waals surface area (Å²) < 4.78 is 4.87. The largest absolute Gasteiger partial charge is 0.383 e. The van der Waals surface area contributed by atoms with Gasteiger partial charge in [0, 0.05) is 20.2 Å². The van der Waals surface area contributed by atoms with Crippen LogP contribution in [0.15, 0.2) is 12.7 Å². The predicted molar refractivity (Wildman–Crippen MR) is 44.1 cm³/mol. The molecule has 0 aromatic carbocycles. The van der Waals surface area contributed by atoms with E-state index in [1.54, 1.807) is 7.11 Å². The molecule has 2 nitrogen and oxygen atoms in total. The fraction of sp³-hybridized carbons (Fsp3) is 0.750. The van der Waals surface area contributed by atoms with E-state index in [1.165, 1.54) is 0 Å². The summed E-state index contributed by atoms with van der Waals surface area (Å²) in [6.07, 6.45) is 1.94. The van der Waals surface area contributed by atoms with Gasteiger partial charge in [0.05, 0.1) is 6.61 Å². The molecule has 1 N–H and O–H groups in total. The first-order valence-electron chi connectivity index (χ1n) is 3.63. The normalized spacial score (nSPS) is 13.0. The molecule has 60 valence electrons. The first-order chi connectivity index (χ1) is 4.81. The van der Waals surface area contributed by atoms with Gasteiger partial charge in [-0.3, -0.25) is 0 Å². The van der Waals surface area contributed by atoms with E-state index in [2.05, 4.69) is 18.8 Å². The molecule has 0 aromatic heterocycles. The topological polar surface area (TPSA) is 21.3 Å². The Hall–Kier alpha value is -0.340. The molecule has 0 spiro atoms. The first kappa shape index (κ1) is 9.66. The van der Waals surface area contributed by atoms with Crippen LogP contribution < -0.4 is 5.32 Å². The van der Waals surface area contributed by atoms with Crippen molar-refractivity contribution in [3.05, 3.63) is 12.7 Å². The molecule has 10 heavy (non-hydrogen) atoms. The van der Waals surface area contributed by atoms with Crippen molar-refractivity contribution in [3.8, 4) is 0 Å². The molecule has 0 heterocycles. The third-order valence-corrected chi connectivity index (χ3v) is 1.35. The Labute approximate surface area is 63.3 Å². The first-order valence-corrected chi connectivity index (χ1v) is 3.63. The Morgan fingerprint density at radius 3 is 2.90 bits per heavy atom. The number of rotatable bonds is 6. The standard InChI is InChI=1S/C8H17NO/c1-4-8(2)7-9-5-6-10-3/h4,8-9H,1,5-7H2,2-3H3. The Morgan fingerprint density at radius 2 is 2.40 bits per heavy atom. The highest BCUT2D eigenvalue weighted by atomic mass is 16.5. The van der Waals surface area contributed by atoms with Crippen LogP contribution in [0.25, 0.3) is 0 Å². The van der Waals surface area contributed by atoms with E-state index in [1.807, 2.05) is 6.08 Å². The Kier molecular flexibility index (Phi) is 6.55. The molecule has 0 fully saturated rings. The summed E-state index contributed by atoms with van der Waals surface area (Å²) in [5.41, 5.74) is 0. The number of nitrogens with one attached hydrogen (secondary N) is 1. The van der Waals surface area contributed by atoms with Crippen LogP contribution in [-0.4, -0.2) is 26.8 Å². The summed E-state index contributed by atoms with van der Waals surface area (Å²) in [4.78, 5) is 0. The Bertz CT molecular complexity index is 83.3. The minimum Gasteiger partial charge on any atom is -0.383 e. The van der Waals surface area contributed by atoms with Crippen molar-refractivity contribution in [2.24, 2.45) is 5.92 Å². The van der Waals surface area contributed by atoms with Crippen molar-refractivity contribution in [3.63, 3.8) is 0 Å². The highest BCUT2D eigenvalue weighted by Gasteiger charge is 1.92. The van der Waals surface area contributed by atoms with E-state index in [9.17, 15) is 0 Å². The van der Waals surface area contributed by atoms with Gasteiger partial charge in [0.2, 0.25) is 0 Å². The molecule has 0 radical (unpaired) electrons. The number of methoxy groups -OCH3 is 1. The van der Waals surface area contributed by atoms with E-state index in [-0.39, 0.29) is 0 Å². The monoisotopic (exact) mass is 143 g/mol. The maximum atomic E-state index is 4.87. The molecule has 0 aliphatic rings. The molecule has 1 atom stereocenters. The van der Waals surface area contributed by atoms with Gasteiger partial charge in [0.15, 0.2) is 0 Å². The predicted octanol–water partition coefficient (Wildman–Crippen LogP) is 1.04. The van der Waals surface area contributed by atoms with E-state index >= 15 is 0 Å². The molecule has 0 saturated carbocycles. The lowest BCUT2D eigenvalue weighted by atomic mass is 10.2. The Balaban J connectivity index is 2.95. The van der Waals surface area contributed by atoms with E-state index in [0.29, 0.717) is 5.92 Å². The quantitative estimate of drug-likeness (QED) is 0.443. The maximum Gasteiger partial charge on any atom is 0.0587 e. The number of hydrogen-bond donors (Lipinski definition) is 1. The van der Waals surface area contributed by atoms with E-state index in [4.69, 9.17) is 4.74 Å². The van der Waals surface area contributed by atoms with Gasteiger partial charge in [-0.2, -0.15) is 0 Å². The van der Waals surface area contributed by atoms with Crippen molar-refractivity contribution in [2.45, 2.75) is 6.92 Å². The summed E-state index contributed by atoms with van der Waals surface area (Å²) in [5, 5.41) is 3.24. The van der Waals surface area contributed by atoms with Gasteiger partial charge in [-0.15, -0.1) is 6.58 Å². The van der Waals surface area contributed by atoms with Crippen LogP contribution in [0.4, 0.5) is 0 Å². The summed E-state index contributed by atoms with van der Waals surface area (Å²) in [6, 6.07) is 0. The second kappa shape index (κ2) is 6.78. The molecule has 1 unspecified atom stereocenters. The van der Waals surface area contributed by atoms with Crippen molar-refractivity contribution in [2.75, 3.05) is 26.8 Å². The van der Waals surface area contributed by atoms with Gasteiger partial charge in [-0.25, -0.2) is 0 Å². The summed E-state index contributed by atoms with van der Waals surface area (Å²) in [6.45, 7) is 8.52. The highest BCUT2D eigenvalue weighted by molar-refractivity contribution is 4.76. The summed E-state index contributed by atoms with van der Waals surface area (Å²) in [7, 11) is 1.71. The SMILES string of the molecule is C=CC(C)CNCCOC. The third-order valence-electron chi connectivity index (χ3n) is 1.35. The molecule has 0 aliphatic heterocycles. The minimum atomic E-state index is 0.553. The van der Waals surface area contributed by atoms with Crippen molar-refractivity contribution in [1.29, 1.82) is 0 Å². The average Bonchev–Trinajstić information content (AvgIpc) is 1.98. The van der Waals surface area contributed by atoms with Crippen LogP contribution in [0.5, 0.6) is 0 Å². The van der Waals surface area contributed by atoms with Crippen LogP contribution in [0.3, 0.4) is 0 Å². The number of ether oxygens (including phenoxy) is 1. The Morgan fingerprint density at radius 1 is 1.70 bits per heavy atom. The van der Waals surface area contributed by atoms with Gasteiger partial charge >= 0.3 is 0 Å². The van der Waals surface area contributed by atoms with Gasteiger partial charge in [0.1, 0.15) is 0 Å². The molecule has 0 bridgehead atoms. The summed E-state index contributed by atoms with van der Waals surface area (Å²) in [5.74, 6) is 0.553. The lowest BCUT2D eigenvalue weighted by Gasteiger charge is -2.06. The van der Waals surface area contributed by atoms with Crippen LogP contribution in [-0.2, 0) is 4.74 Å². The molecule has 0 aromatic rings. The maximum absolute atomic E-state index is 4.87. The van der Waals surface area contributed by atoms with Crippen LogP contribution in [0.1, 0.15) is 6.92 Å². The second-order valence-corrected chi connectivity index (χ2v) is 2.41. The molecular weight excluding hydrogens is 126 g/mol. The van der Waals surface area contributed by atoms with Gasteiger partial charge in [0.25, 0.3) is 0 Å². The van der Waals surface area contributed by atoms with E-state index in [0.717, 1.165) is 19.7 Å². The zero-order valence-electron chi connectivity index (χ0n) is 6.89. The smallest absolute Gasteiger partial charge is 0.0587 e. The zero-order chi connectivity index (χ0) is 7.82. The van der Waals surface area contributed by atoms with Crippen molar-refractivity contribution in [1.82, 2.24) is 5.32 Å². The van der Waals surface area contributed by atoms with Crippen LogP contribution >= 0.6 is 0 Å². The van der Waals surface area contributed by atoms with Crippen molar-refractivity contribution < 1.29 is 4.74 Å². The van der Waals surface area contributed by atoms with Gasteiger partial charge < -0.3 is 10.1 Å². The molecule has 0 rings (SSSR count). The molecule has 0 saturated heterocycles. The molecule has 0 amide bonds. The van der Waals surface area contributed by atoms with Crippen LogP contribution in [0.2, 0.25) is 0 Å². The highest BCUT2D eigenvalue weighted by Crippen LogP contribution is 1.90. The summed E-state index contributed by atoms with van der Waals surface area (Å²) >= 11 is 0. The van der Waals surface area contributed by atoms with Gasteiger partial charge in [-0.1, -0.05) is 13.0 Å². The van der Waals surface area contributed by atoms with Crippen molar-refractivity contribution >= 4 is 0 Å². The molecule has 2 heteroatoms. The fourth-order valence-electron chi connectivity index (χ4n) is 0.587. The second-order valence-electron chi connectivity index (χ2n) is 2.41. The fourth-order valence-corrected chi connectivity index (χ4v) is 0.587. The lowest BCUT2D eigenvalue weighted by Crippen LogP contribution is -2.23. The average molecular weight is 143 g/mol. The zero-order valence-corrected chi connectivity index (χ0v) is 6.89. The molecular formula is C8H17NO. The van der Waals surface area contributed by atoms with E-state index < -0.39 is 0 Å². The molecule has 0 aliphatic carbocycles. The van der Waals surface area contributed by atoms with Crippen LogP contribution in [0, 0.1) is 5.92 Å². The lowest BCUT2D eigenvalue weighted by molar-refractivity contribution is 0.199.